The van der Waals surface area contributed by atoms with Crippen LogP contribution in [0.2, 0.25) is 0 Å². The molecule has 1 aromatic heterocycles. The Labute approximate surface area is 154 Å². The molecule has 1 aliphatic carbocycles. The number of hydrogen-bond acceptors (Lipinski definition) is 3. The minimum atomic E-state index is -0.168. The first-order valence-electron chi connectivity index (χ1n) is 9.31. The van der Waals surface area contributed by atoms with Crippen LogP contribution in [0, 0.1) is 6.92 Å². The number of aryl methyl sites for hydroxylation is 1. The molecule has 2 aromatic rings. The molecule has 0 radical (unpaired) electrons. The number of aliphatic hydroxyl groups excluding tert-OH is 1. The summed E-state index contributed by atoms with van der Waals surface area (Å²) in [4.78, 5) is 17.1. The van der Waals surface area contributed by atoms with Gasteiger partial charge >= 0.3 is 6.03 Å². The molecule has 0 aliphatic heterocycles. The maximum Gasteiger partial charge on any atom is 0.319 e. The topological polar surface area (TPSA) is 79.2 Å². The lowest BCUT2D eigenvalue weighted by atomic mass is 9.96. The van der Waals surface area contributed by atoms with E-state index in [1.165, 1.54) is 5.69 Å². The zero-order valence-electron chi connectivity index (χ0n) is 15.7. The molecule has 0 bridgehead atoms. The molecule has 26 heavy (non-hydrogen) atoms. The second kappa shape index (κ2) is 7.91. The second-order valence-corrected chi connectivity index (χ2v) is 7.21. The number of benzene rings is 1. The van der Waals surface area contributed by atoms with Crippen molar-refractivity contribution in [3.8, 4) is 0 Å². The Hall–Kier alpha value is -2.34. The molecule has 2 amide bonds. The third kappa shape index (κ3) is 3.90. The largest absolute Gasteiger partial charge is 0.395 e. The molecule has 6 heteroatoms. The average molecular weight is 356 g/mol. The Balaban J connectivity index is 1.64. The van der Waals surface area contributed by atoms with E-state index in [9.17, 15) is 9.90 Å². The van der Waals surface area contributed by atoms with Gasteiger partial charge in [-0.2, -0.15) is 0 Å². The summed E-state index contributed by atoms with van der Waals surface area (Å²) in [6.07, 6.45) is 2.47. The monoisotopic (exact) mass is 356 g/mol. The van der Waals surface area contributed by atoms with E-state index in [1.807, 2.05) is 31.2 Å². The number of rotatable bonds is 5. The summed E-state index contributed by atoms with van der Waals surface area (Å²) in [6.45, 7) is 6.89. The van der Waals surface area contributed by atoms with Gasteiger partial charge in [-0.05, 0) is 37.3 Å². The molecule has 0 saturated heterocycles. The molecule has 1 atom stereocenters. The normalized spacial score (nSPS) is 16.4. The van der Waals surface area contributed by atoms with Crippen molar-refractivity contribution < 1.29 is 9.90 Å². The van der Waals surface area contributed by atoms with E-state index in [2.05, 4.69) is 34.0 Å². The van der Waals surface area contributed by atoms with Crippen LogP contribution in [0.15, 0.2) is 24.3 Å². The SMILES string of the molecule is Cc1nc2c(n1CCO)CCC(NC(=O)Nc1ccccc1C(C)C)C2. The van der Waals surface area contributed by atoms with Crippen LogP contribution in [-0.2, 0) is 19.4 Å². The molecule has 1 aromatic carbocycles. The van der Waals surface area contributed by atoms with Gasteiger partial charge in [0.2, 0.25) is 0 Å². The van der Waals surface area contributed by atoms with Crippen molar-refractivity contribution in [1.29, 1.82) is 0 Å². The molecule has 1 aliphatic rings. The van der Waals surface area contributed by atoms with Gasteiger partial charge in [-0.3, -0.25) is 0 Å². The molecule has 1 heterocycles. The number of carbonyl (C=O) groups excluding carboxylic acids is 1. The Morgan fingerprint density at radius 2 is 2.15 bits per heavy atom. The maximum absolute atomic E-state index is 12.5. The van der Waals surface area contributed by atoms with Gasteiger partial charge in [0.25, 0.3) is 0 Å². The van der Waals surface area contributed by atoms with E-state index >= 15 is 0 Å². The van der Waals surface area contributed by atoms with Gasteiger partial charge in [0.1, 0.15) is 5.82 Å². The summed E-state index contributed by atoms with van der Waals surface area (Å²) in [5, 5.41) is 15.3. The third-order valence-electron chi connectivity index (χ3n) is 5.01. The summed E-state index contributed by atoms with van der Waals surface area (Å²) >= 11 is 0. The van der Waals surface area contributed by atoms with Gasteiger partial charge in [0.15, 0.2) is 0 Å². The van der Waals surface area contributed by atoms with E-state index in [0.29, 0.717) is 12.5 Å². The predicted molar refractivity (Wildman–Crippen MR) is 103 cm³/mol. The number of fused-ring (bicyclic) bond motifs is 1. The van der Waals surface area contributed by atoms with Crippen LogP contribution in [0.4, 0.5) is 10.5 Å². The van der Waals surface area contributed by atoms with Crippen LogP contribution < -0.4 is 10.6 Å². The van der Waals surface area contributed by atoms with Crippen molar-refractivity contribution in [2.75, 3.05) is 11.9 Å². The van der Waals surface area contributed by atoms with Crippen LogP contribution in [0.3, 0.4) is 0 Å². The summed E-state index contributed by atoms with van der Waals surface area (Å²) in [7, 11) is 0. The lowest BCUT2D eigenvalue weighted by Gasteiger charge is -2.24. The maximum atomic E-state index is 12.5. The van der Waals surface area contributed by atoms with Crippen LogP contribution in [0.1, 0.15) is 49.0 Å². The number of hydrogen-bond donors (Lipinski definition) is 3. The lowest BCUT2D eigenvalue weighted by Crippen LogP contribution is -2.41. The number of imidazole rings is 1. The van der Waals surface area contributed by atoms with Crippen LogP contribution in [-0.4, -0.2) is 33.3 Å². The molecular weight excluding hydrogens is 328 g/mol. The Morgan fingerprint density at radius 3 is 2.88 bits per heavy atom. The minimum Gasteiger partial charge on any atom is -0.395 e. The molecule has 0 fully saturated rings. The first-order chi connectivity index (χ1) is 12.5. The summed E-state index contributed by atoms with van der Waals surface area (Å²) in [5.41, 5.74) is 4.22. The van der Waals surface area contributed by atoms with Gasteiger partial charge in [0, 0.05) is 30.4 Å². The Morgan fingerprint density at radius 1 is 1.38 bits per heavy atom. The summed E-state index contributed by atoms with van der Waals surface area (Å²) < 4.78 is 2.09. The third-order valence-corrected chi connectivity index (χ3v) is 5.01. The second-order valence-electron chi connectivity index (χ2n) is 7.21. The first-order valence-corrected chi connectivity index (χ1v) is 9.31. The highest BCUT2D eigenvalue weighted by Gasteiger charge is 2.25. The fraction of sp³-hybridized carbons (Fsp3) is 0.500. The van der Waals surface area contributed by atoms with Crippen LogP contribution >= 0.6 is 0 Å². The summed E-state index contributed by atoms with van der Waals surface area (Å²) in [5.74, 6) is 1.28. The van der Waals surface area contributed by atoms with Gasteiger partial charge in [0.05, 0.1) is 12.3 Å². The predicted octanol–water partition coefficient (Wildman–Crippen LogP) is 2.99. The molecular formula is C20H28N4O2. The number of amides is 2. The van der Waals surface area contributed by atoms with Gasteiger partial charge in [-0.25, -0.2) is 9.78 Å². The average Bonchev–Trinajstić information content (AvgIpc) is 2.90. The number of anilines is 1. The van der Waals surface area contributed by atoms with E-state index < -0.39 is 0 Å². The Kier molecular flexibility index (Phi) is 5.61. The molecule has 6 nitrogen and oxygen atoms in total. The number of carbonyl (C=O) groups is 1. The number of aliphatic hydroxyl groups is 1. The van der Waals surface area contributed by atoms with Crippen molar-refractivity contribution in [2.45, 2.75) is 58.5 Å². The van der Waals surface area contributed by atoms with E-state index in [4.69, 9.17) is 0 Å². The highest BCUT2D eigenvalue weighted by Crippen LogP contribution is 2.25. The number of urea groups is 1. The summed E-state index contributed by atoms with van der Waals surface area (Å²) in [6, 6.07) is 7.82. The van der Waals surface area contributed by atoms with Crippen molar-refractivity contribution >= 4 is 11.7 Å². The quantitative estimate of drug-likeness (QED) is 0.770. The van der Waals surface area contributed by atoms with Crippen LogP contribution in [0.5, 0.6) is 0 Å². The van der Waals surface area contributed by atoms with Gasteiger partial charge < -0.3 is 20.3 Å². The highest BCUT2D eigenvalue weighted by atomic mass is 16.3. The van der Waals surface area contributed by atoms with E-state index in [1.54, 1.807) is 0 Å². The molecule has 3 N–H and O–H groups in total. The number of aromatic nitrogens is 2. The van der Waals surface area contributed by atoms with E-state index in [-0.39, 0.29) is 18.7 Å². The van der Waals surface area contributed by atoms with E-state index in [0.717, 1.165) is 42.0 Å². The fourth-order valence-electron chi connectivity index (χ4n) is 3.74. The van der Waals surface area contributed by atoms with Gasteiger partial charge in [-0.1, -0.05) is 32.0 Å². The van der Waals surface area contributed by atoms with Crippen molar-refractivity contribution in [1.82, 2.24) is 14.9 Å². The van der Waals surface area contributed by atoms with Gasteiger partial charge in [-0.15, -0.1) is 0 Å². The van der Waals surface area contributed by atoms with Crippen molar-refractivity contribution in [3.05, 3.63) is 47.0 Å². The fourth-order valence-corrected chi connectivity index (χ4v) is 3.74. The molecule has 0 spiro atoms. The van der Waals surface area contributed by atoms with Crippen molar-refractivity contribution in [2.24, 2.45) is 0 Å². The number of nitrogens with zero attached hydrogens (tertiary/aromatic N) is 2. The lowest BCUT2D eigenvalue weighted by molar-refractivity contribution is 0.246. The van der Waals surface area contributed by atoms with Crippen molar-refractivity contribution in [3.63, 3.8) is 0 Å². The number of nitrogens with one attached hydrogen (secondary N) is 2. The molecule has 3 rings (SSSR count). The first kappa shape index (κ1) is 18.5. The molecule has 1 unspecified atom stereocenters. The number of para-hydroxylation sites is 1. The van der Waals surface area contributed by atoms with Crippen LogP contribution in [0.25, 0.3) is 0 Å². The zero-order chi connectivity index (χ0) is 18.7. The smallest absolute Gasteiger partial charge is 0.319 e. The molecule has 0 saturated carbocycles. The highest BCUT2D eigenvalue weighted by molar-refractivity contribution is 5.90. The standard InChI is InChI=1S/C20H28N4O2/c1-13(2)16-6-4-5-7-17(16)23-20(26)22-15-8-9-19-18(12-15)21-14(3)24(19)10-11-25/h4-7,13,15,25H,8-12H2,1-3H3,(H2,22,23,26). The Bertz CT molecular complexity index is 782. The zero-order valence-corrected chi connectivity index (χ0v) is 15.7. The molecule has 140 valence electrons. The minimum absolute atomic E-state index is 0.0746.